The zero-order valence-corrected chi connectivity index (χ0v) is 16.2. The Morgan fingerprint density at radius 1 is 0.682 bits per heavy atom. The van der Waals surface area contributed by atoms with Crippen LogP contribution >= 0.6 is 15.8 Å². The summed E-state index contributed by atoms with van der Waals surface area (Å²) in [6, 6.07) is 0. The van der Waals surface area contributed by atoms with Crippen LogP contribution in [0.15, 0.2) is 0 Å². The Bertz CT molecular complexity index is 427. The molecule has 0 spiro atoms. The molecule has 4 nitrogen and oxygen atoms in total. The van der Waals surface area contributed by atoms with Gasteiger partial charge in [-0.2, -0.15) is 0 Å². The van der Waals surface area contributed by atoms with E-state index in [0.717, 1.165) is 0 Å². The van der Waals surface area contributed by atoms with Crippen LogP contribution < -0.4 is 0 Å². The molecule has 4 rings (SSSR count). The molecule has 0 aliphatic carbocycles. The molecular formula is C16H28O4P2. The molecule has 0 saturated carbocycles. The van der Waals surface area contributed by atoms with E-state index in [1.54, 1.807) is 0 Å². The maximum Gasteiger partial charge on any atom is 0.163 e. The highest BCUT2D eigenvalue weighted by atomic mass is 31.1. The third-order valence-corrected chi connectivity index (χ3v) is 10.8. The zero-order valence-electron chi connectivity index (χ0n) is 14.4. The van der Waals surface area contributed by atoms with Gasteiger partial charge in [0.05, 0.1) is 24.4 Å². The Balaban J connectivity index is 1.60. The lowest BCUT2D eigenvalue weighted by Gasteiger charge is -2.35. The summed E-state index contributed by atoms with van der Waals surface area (Å²) in [4.78, 5) is 0. The number of fused-ring (bicyclic) bond motifs is 2. The molecule has 0 aromatic carbocycles. The van der Waals surface area contributed by atoms with Crippen LogP contribution in [-0.4, -0.2) is 73.0 Å². The maximum atomic E-state index is 6.32. The van der Waals surface area contributed by atoms with Crippen molar-refractivity contribution in [3.63, 3.8) is 0 Å². The predicted molar refractivity (Wildman–Crippen MR) is 90.6 cm³/mol. The van der Waals surface area contributed by atoms with Crippen molar-refractivity contribution in [1.29, 1.82) is 0 Å². The van der Waals surface area contributed by atoms with Gasteiger partial charge < -0.3 is 18.9 Å². The average molecular weight is 346 g/mol. The highest BCUT2D eigenvalue weighted by Gasteiger charge is 2.61. The fraction of sp³-hybridized carbons (Fsp3) is 1.00. The lowest BCUT2D eigenvalue weighted by Crippen LogP contribution is -2.42. The summed E-state index contributed by atoms with van der Waals surface area (Å²) in [7, 11) is -0.129. The smallest absolute Gasteiger partial charge is 0.163 e. The second-order valence-electron chi connectivity index (χ2n) is 8.14. The second kappa shape index (κ2) is 5.10. The van der Waals surface area contributed by atoms with E-state index in [1.807, 2.05) is 27.7 Å². The van der Waals surface area contributed by atoms with Crippen LogP contribution in [0.25, 0.3) is 0 Å². The van der Waals surface area contributed by atoms with Crippen molar-refractivity contribution in [2.75, 3.05) is 25.7 Å². The van der Waals surface area contributed by atoms with Gasteiger partial charge in [0.2, 0.25) is 0 Å². The number of rotatable bonds is 1. The molecule has 8 atom stereocenters. The molecule has 4 unspecified atom stereocenters. The fourth-order valence-electron chi connectivity index (χ4n) is 4.81. The zero-order chi connectivity index (χ0) is 15.9. The molecule has 4 fully saturated rings. The first-order chi connectivity index (χ1) is 10.2. The van der Waals surface area contributed by atoms with Crippen molar-refractivity contribution in [2.45, 2.75) is 75.0 Å². The molecule has 4 aliphatic heterocycles. The lowest BCUT2D eigenvalue weighted by atomic mass is 10.0. The summed E-state index contributed by atoms with van der Waals surface area (Å²) >= 11 is 0. The summed E-state index contributed by atoms with van der Waals surface area (Å²) in [5, 5.41) is 0. The summed E-state index contributed by atoms with van der Waals surface area (Å²) in [5.41, 5.74) is 1.20. The minimum atomic E-state index is -0.426. The Morgan fingerprint density at radius 3 is 1.41 bits per heavy atom. The Morgan fingerprint density at radius 2 is 1.05 bits per heavy atom. The van der Waals surface area contributed by atoms with Crippen LogP contribution in [0.2, 0.25) is 0 Å². The second-order valence-corrected chi connectivity index (χ2v) is 13.1. The number of hydrogen-bond acceptors (Lipinski definition) is 4. The minimum Gasteiger partial charge on any atom is -0.344 e. The van der Waals surface area contributed by atoms with E-state index in [1.165, 1.54) is 12.3 Å². The van der Waals surface area contributed by atoms with Crippen molar-refractivity contribution in [2.24, 2.45) is 0 Å². The van der Waals surface area contributed by atoms with Crippen LogP contribution in [0.1, 0.15) is 27.7 Å². The van der Waals surface area contributed by atoms with Crippen LogP contribution in [0.3, 0.4) is 0 Å². The van der Waals surface area contributed by atoms with Gasteiger partial charge in [0.1, 0.15) is 0 Å². The van der Waals surface area contributed by atoms with Crippen molar-refractivity contribution in [3.05, 3.63) is 0 Å². The van der Waals surface area contributed by atoms with E-state index in [9.17, 15) is 0 Å². The van der Waals surface area contributed by atoms with Crippen molar-refractivity contribution in [1.82, 2.24) is 0 Å². The van der Waals surface area contributed by atoms with Gasteiger partial charge >= 0.3 is 0 Å². The number of ether oxygens (including phenoxy) is 4. The van der Waals surface area contributed by atoms with Gasteiger partial charge in [-0.3, -0.25) is 0 Å². The van der Waals surface area contributed by atoms with Gasteiger partial charge in [0.25, 0.3) is 0 Å². The van der Waals surface area contributed by atoms with Crippen LogP contribution in [0.4, 0.5) is 0 Å². The average Bonchev–Trinajstić information content (AvgIpc) is 2.96. The molecule has 0 bridgehead atoms. The third-order valence-electron chi connectivity index (χ3n) is 5.42. The molecule has 4 heterocycles. The molecule has 126 valence electrons. The van der Waals surface area contributed by atoms with E-state index in [-0.39, 0.29) is 40.3 Å². The molecule has 0 aromatic rings. The summed E-state index contributed by atoms with van der Waals surface area (Å²) in [6.07, 6.45) is 3.44. The summed E-state index contributed by atoms with van der Waals surface area (Å²) in [6.45, 7) is 13.0. The van der Waals surface area contributed by atoms with E-state index < -0.39 is 11.6 Å². The molecule has 0 aromatic heterocycles. The predicted octanol–water partition coefficient (Wildman–Crippen LogP) is 3.01. The first-order valence-electron chi connectivity index (χ1n) is 8.29. The monoisotopic (exact) mass is 346 g/mol. The van der Waals surface area contributed by atoms with Crippen LogP contribution in [-0.2, 0) is 18.9 Å². The van der Waals surface area contributed by atoms with E-state index in [0.29, 0.717) is 11.3 Å². The largest absolute Gasteiger partial charge is 0.344 e. The maximum absolute atomic E-state index is 6.32. The standard InChI is InChI=1S/C16H28O4P2/c1-15(2)17-9-7-21(5)13(11(9)19-15)14-12-10(8-22(14)6)18-16(3,4)20-12/h9-14H,7-8H2,1-6H3/t9-,10?,11+,12+,13?,14-,21?,22?/m1/s1. The SMILES string of the molecule is CP1C[C@H]2OC(C)(C)O[C@@H]2C1[C@H]1[C@H]2OC(C)(C)OC2CP1C. The molecule has 0 N–H and O–H groups in total. The Labute approximate surface area is 136 Å². The van der Waals surface area contributed by atoms with Gasteiger partial charge in [-0.1, -0.05) is 0 Å². The lowest BCUT2D eigenvalue weighted by molar-refractivity contribution is -0.151. The minimum absolute atomic E-state index is 0.0646. The van der Waals surface area contributed by atoms with Gasteiger partial charge in [-0.25, -0.2) is 0 Å². The van der Waals surface area contributed by atoms with Crippen LogP contribution in [0, 0.1) is 0 Å². The van der Waals surface area contributed by atoms with Crippen LogP contribution in [0.5, 0.6) is 0 Å². The Hall–Kier alpha value is 0.700. The number of hydrogen-bond donors (Lipinski definition) is 0. The van der Waals surface area contributed by atoms with E-state index in [4.69, 9.17) is 18.9 Å². The highest BCUT2D eigenvalue weighted by molar-refractivity contribution is 7.62. The molecule has 4 aliphatic rings. The Kier molecular flexibility index (Phi) is 3.75. The molecule has 22 heavy (non-hydrogen) atoms. The van der Waals surface area contributed by atoms with Crippen molar-refractivity contribution < 1.29 is 18.9 Å². The molecular weight excluding hydrogens is 318 g/mol. The third kappa shape index (κ3) is 2.50. The van der Waals surface area contributed by atoms with E-state index >= 15 is 0 Å². The van der Waals surface area contributed by atoms with Gasteiger partial charge in [-0.05, 0) is 53.3 Å². The molecule has 0 amide bonds. The normalized spacial score (nSPS) is 55.4. The molecule has 4 saturated heterocycles. The first-order valence-corrected chi connectivity index (χ1v) is 12.4. The first kappa shape index (κ1) is 16.2. The van der Waals surface area contributed by atoms with Crippen molar-refractivity contribution in [3.8, 4) is 0 Å². The van der Waals surface area contributed by atoms with Gasteiger partial charge in [0, 0.05) is 11.3 Å². The molecule has 6 heteroatoms. The van der Waals surface area contributed by atoms with Gasteiger partial charge in [-0.15, -0.1) is 15.8 Å². The van der Waals surface area contributed by atoms with E-state index in [2.05, 4.69) is 13.3 Å². The summed E-state index contributed by atoms with van der Waals surface area (Å²) in [5.74, 6) is -0.851. The summed E-state index contributed by atoms with van der Waals surface area (Å²) < 4.78 is 24.9. The topological polar surface area (TPSA) is 36.9 Å². The highest BCUT2D eigenvalue weighted by Crippen LogP contribution is 2.64. The van der Waals surface area contributed by atoms with Crippen molar-refractivity contribution >= 4 is 15.8 Å². The fourth-order valence-corrected chi connectivity index (χ4v) is 11.3. The van der Waals surface area contributed by atoms with Gasteiger partial charge in [0.15, 0.2) is 11.6 Å². The molecule has 0 radical (unpaired) electrons. The quantitative estimate of drug-likeness (QED) is 0.684.